The van der Waals surface area contributed by atoms with Crippen molar-refractivity contribution in [2.45, 2.75) is 181 Å². The molecule has 0 N–H and O–H groups in total. The molecule has 0 saturated carbocycles. The van der Waals surface area contributed by atoms with Crippen molar-refractivity contribution in [3.05, 3.63) is 191 Å². The van der Waals surface area contributed by atoms with Crippen LogP contribution in [0.1, 0.15) is 182 Å². The lowest BCUT2D eigenvalue weighted by atomic mass is 9.35. The van der Waals surface area contributed by atoms with Crippen LogP contribution in [-0.2, 0) is 37.9 Å². The minimum atomic E-state index is -0.243. The van der Waals surface area contributed by atoms with Gasteiger partial charge in [-0.15, -0.1) is 0 Å². The average Bonchev–Trinajstić information content (AvgIpc) is 1.30. The van der Waals surface area contributed by atoms with Crippen LogP contribution in [0.4, 0.5) is 51.2 Å². The van der Waals surface area contributed by atoms with Crippen LogP contribution in [0, 0.1) is 0 Å². The van der Waals surface area contributed by atoms with Gasteiger partial charge in [-0.2, -0.15) is 0 Å². The number of hydrogen-bond acceptors (Lipinski definition) is 5. The summed E-state index contributed by atoms with van der Waals surface area (Å²) in [6.07, 6.45) is 4.51. The van der Waals surface area contributed by atoms with Crippen LogP contribution in [0.3, 0.4) is 0 Å². The summed E-state index contributed by atoms with van der Waals surface area (Å²) in [5.74, 6) is 0. The van der Waals surface area contributed by atoms with Crippen LogP contribution >= 0.6 is 0 Å². The first-order chi connectivity index (χ1) is 39.5. The Morgan fingerprint density at radius 2 is 0.952 bits per heavy atom. The van der Waals surface area contributed by atoms with E-state index in [-0.39, 0.29) is 44.6 Å². The van der Waals surface area contributed by atoms with Crippen molar-refractivity contribution in [1.82, 2.24) is 0 Å². The number of nitrogens with zero attached hydrogens (tertiary/aromatic N) is 3. The summed E-state index contributed by atoms with van der Waals surface area (Å²) in [4.78, 5) is 7.74. The van der Waals surface area contributed by atoms with E-state index < -0.39 is 0 Å². The molecule has 0 bridgehead atoms. The summed E-state index contributed by atoms with van der Waals surface area (Å²) in [6, 6.07) is 58.5. The summed E-state index contributed by atoms with van der Waals surface area (Å²) in [7, 11) is 0. The molecule has 0 amide bonds. The molecule has 4 heterocycles. The highest BCUT2D eigenvalue weighted by molar-refractivity contribution is 7.00. The molecule has 0 spiro atoms. The van der Waals surface area contributed by atoms with Gasteiger partial charge in [0.2, 0.25) is 0 Å². The number of fused-ring (bicyclic) bond motifs is 11. The van der Waals surface area contributed by atoms with Crippen molar-refractivity contribution in [1.29, 1.82) is 0 Å². The molecule has 0 radical (unpaired) electrons. The van der Waals surface area contributed by atoms with E-state index in [1.165, 1.54) is 60.9 Å². The molecule has 0 fully saturated rings. The Bertz CT molecular complexity index is 4320. The molecule has 10 aromatic rings. The van der Waals surface area contributed by atoms with Crippen LogP contribution in [-0.4, -0.2) is 6.71 Å². The summed E-state index contributed by atoms with van der Waals surface area (Å²) in [5, 5.41) is 3.40. The van der Waals surface area contributed by atoms with Gasteiger partial charge in [0.1, 0.15) is 16.7 Å². The number of anilines is 9. The highest BCUT2D eigenvalue weighted by Gasteiger charge is 2.49. The lowest BCUT2D eigenvalue weighted by Crippen LogP contribution is -2.61. The van der Waals surface area contributed by atoms with Crippen molar-refractivity contribution in [3.63, 3.8) is 0 Å². The maximum Gasteiger partial charge on any atom is 0.297 e. The first kappa shape index (κ1) is 54.5. The molecule has 5 nitrogen and oxygen atoms in total. The quantitative estimate of drug-likeness (QED) is 0.161. The number of para-hydroxylation sites is 2. The van der Waals surface area contributed by atoms with E-state index >= 15 is 0 Å². The van der Waals surface area contributed by atoms with Gasteiger partial charge in [0, 0.05) is 62.0 Å². The van der Waals surface area contributed by atoms with Gasteiger partial charge < -0.3 is 23.5 Å². The van der Waals surface area contributed by atoms with Crippen LogP contribution in [0.25, 0.3) is 32.9 Å². The SMILES string of the molecule is CC(C)(C)c1cc(N2c3ccc(C(C)(C)C)cc3B3c4oc5cc6c(cc5c4N(c4ccc5c(c4)C(C)(C)CCC5(C)C)c4cc(N(c5ccccc5)c5ccc7c(c5)oc5ccccc57)cc2c43)C(C)(C)CCC6(C)C)cc(C(C)(C)C)c1. The molecular weight excluding hydrogens is 1020 g/mol. The third-order valence-corrected chi connectivity index (χ3v) is 20.4. The predicted octanol–water partition coefficient (Wildman–Crippen LogP) is 20.5. The second kappa shape index (κ2) is 18.1. The van der Waals surface area contributed by atoms with Crippen molar-refractivity contribution < 1.29 is 8.83 Å². The third-order valence-electron chi connectivity index (χ3n) is 20.4. The molecule has 2 aromatic heterocycles. The monoisotopic (exact) mass is 1110 g/mol. The van der Waals surface area contributed by atoms with Gasteiger partial charge in [0.05, 0.1) is 17.0 Å². The zero-order valence-corrected chi connectivity index (χ0v) is 53.0. The number of benzene rings is 8. The second-order valence-electron chi connectivity index (χ2n) is 31.2. The number of hydrogen-bond donors (Lipinski definition) is 0. The lowest BCUT2D eigenvalue weighted by molar-refractivity contribution is 0.332. The molecule has 0 saturated heterocycles. The van der Waals surface area contributed by atoms with Crippen LogP contribution < -0.4 is 31.3 Å². The highest BCUT2D eigenvalue weighted by atomic mass is 16.3. The van der Waals surface area contributed by atoms with Gasteiger partial charge in [0.25, 0.3) is 6.71 Å². The minimum absolute atomic E-state index is 0.00667. The molecule has 0 atom stereocenters. The Morgan fingerprint density at radius 1 is 0.393 bits per heavy atom. The van der Waals surface area contributed by atoms with Crippen molar-refractivity contribution in [2.75, 3.05) is 14.7 Å². The molecule has 84 heavy (non-hydrogen) atoms. The van der Waals surface area contributed by atoms with Gasteiger partial charge in [-0.3, -0.25) is 0 Å². The van der Waals surface area contributed by atoms with Gasteiger partial charge >= 0.3 is 0 Å². The Labute approximate surface area is 500 Å². The summed E-state index contributed by atoms with van der Waals surface area (Å²) in [5.41, 5.74) is 25.5. The van der Waals surface area contributed by atoms with Crippen molar-refractivity contribution in [3.8, 4) is 0 Å². The molecule has 4 aliphatic rings. The number of furan rings is 2. The predicted molar refractivity (Wildman–Crippen MR) is 359 cm³/mol. The fourth-order valence-corrected chi connectivity index (χ4v) is 14.9. The molecule has 2 aliphatic carbocycles. The molecule has 8 aromatic carbocycles. The fourth-order valence-electron chi connectivity index (χ4n) is 14.9. The Kier molecular flexibility index (Phi) is 11.7. The zero-order chi connectivity index (χ0) is 59.2. The second-order valence-corrected chi connectivity index (χ2v) is 31.2. The molecule has 14 rings (SSSR count). The normalized spacial score (nSPS) is 17.5. The van der Waals surface area contributed by atoms with Crippen LogP contribution in [0.5, 0.6) is 0 Å². The van der Waals surface area contributed by atoms with E-state index in [1.54, 1.807) is 0 Å². The minimum Gasteiger partial charge on any atom is -0.468 e. The van der Waals surface area contributed by atoms with Gasteiger partial charge in [-0.25, -0.2) is 0 Å². The van der Waals surface area contributed by atoms with E-state index in [9.17, 15) is 0 Å². The van der Waals surface area contributed by atoms with E-state index in [1.807, 2.05) is 0 Å². The Balaban J connectivity index is 1.16. The van der Waals surface area contributed by atoms with Crippen molar-refractivity contribution >= 4 is 107 Å². The number of rotatable bonds is 5. The van der Waals surface area contributed by atoms with Gasteiger partial charge in [-0.1, -0.05) is 178 Å². The van der Waals surface area contributed by atoms with E-state index in [2.05, 4.69) is 284 Å². The van der Waals surface area contributed by atoms with Crippen molar-refractivity contribution in [2.24, 2.45) is 0 Å². The Morgan fingerprint density at radius 3 is 1.60 bits per heavy atom. The average molecular weight is 1110 g/mol. The summed E-state index contributed by atoms with van der Waals surface area (Å²) < 4.78 is 14.6. The molecule has 2 aliphatic heterocycles. The van der Waals surface area contributed by atoms with E-state index in [4.69, 9.17) is 8.83 Å². The fraction of sp³-hybridized carbons (Fsp3) is 0.359. The van der Waals surface area contributed by atoms with E-state index in [0.717, 1.165) is 104 Å². The smallest absolute Gasteiger partial charge is 0.297 e. The summed E-state index contributed by atoms with van der Waals surface area (Å²) in [6.45, 7) is 40.6. The maximum absolute atomic E-state index is 7.86. The lowest BCUT2D eigenvalue weighted by Gasteiger charge is -2.45. The first-order valence-corrected chi connectivity index (χ1v) is 31.1. The topological polar surface area (TPSA) is 36.0 Å². The highest BCUT2D eigenvalue weighted by Crippen LogP contribution is 2.55. The molecular formula is C78H84BN3O2. The Hall–Kier alpha value is -7.44. The van der Waals surface area contributed by atoms with E-state index in [0.29, 0.717) is 0 Å². The van der Waals surface area contributed by atoms with Gasteiger partial charge in [0.15, 0.2) is 0 Å². The standard InChI is InChI=1S/C78H84BN3O2/c1-72(2,3)47-27-32-63-62(40-47)79-69-64(81(63)53-38-48(73(4,5)6)37-49(39-53)74(7,8)9)42-54(80(50-23-19-18-20-24-50)52-28-30-56-55-25-21-22-26-66(55)83-67(56)44-52)43-65(69)82(51-29-31-58-59(41-51)76(12,13)34-33-75(58,10)11)70-57-45-60-61(46-68(57)84-71(70)79)78(16,17)36-35-77(60,14)15/h18-32,37-46H,33-36H2,1-17H3. The zero-order valence-electron chi connectivity index (χ0n) is 53.0. The van der Waals surface area contributed by atoms with Crippen LogP contribution in [0.15, 0.2) is 160 Å². The molecule has 0 unspecified atom stereocenters. The maximum atomic E-state index is 7.86. The van der Waals surface area contributed by atoms with Crippen LogP contribution in [0.2, 0.25) is 0 Å². The summed E-state index contributed by atoms with van der Waals surface area (Å²) >= 11 is 0. The molecule has 6 heteroatoms. The largest absolute Gasteiger partial charge is 0.468 e. The first-order valence-electron chi connectivity index (χ1n) is 31.1. The third kappa shape index (κ3) is 8.45. The van der Waals surface area contributed by atoms with Gasteiger partial charge in [-0.05, 0) is 198 Å². The molecule has 426 valence electrons.